The largest absolute Gasteiger partial charge is 0.478 e. The summed E-state index contributed by atoms with van der Waals surface area (Å²) in [4.78, 5) is 12.8. The van der Waals surface area contributed by atoms with Gasteiger partial charge in [0, 0.05) is 24.0 Å². The zero-order chi connectivity index (χ0) is 14.3. The smallest absolute Gasteiger partial charge is 0.335 e. The van der Waals surface area contributed by atoms with Gasteiger partial charge in [0.2, 0.25) is 0 Å². The topological polar surface area (TPSA) is 40.5 Å². The Labute approximate surface area is 114 Å². The van der Waals surface area contributed by atoms with Crippen LogP contribution in [0.15, 0.2) is 36.4 Å². The summed E-state index contributed by atoms with van der Waals surface area (Å²) < 4.78 is 26.3. The van der Waals surface area contributed by atoms with Crippen molar-refractivity contribution in [2.24, 2.45) is 0 Å². The average Bonchev–Trinajstić information content (AvgIpc) is 2.84. The number of nitrogens with zero attached hydrogens (tertiary/aromatic N) is 1. The van der Waals surface area contributed by atoms with Crippen LogP contribution in [0, 0.1) is 11.6 Å². The molecule has 0 bridgehead atoms. The molecule has 1 heterocycles. The Morgan fingerprint density at radius 2 is 1.90 bits per heavy atom. The highest BCUT2D eigenvalue weighted by atomic mass is 19.2. The SMILES string of the molecule is O=C(O)c1ccc2c(c1)CCN2c1ccc(F)c(F)c1. The number of fused-ring (bicyclic) bond motifs is 1. The minimum Gasteiger partial charge on any atom is -0.478 e. The van der Waals surface area contributed by atoms with E-state index in [0.717, 1.165) is 23.4 Å². The third-order valence-corrected chi connectivity index (χ3v) is 3.44. The minimum atomic E-state index is -0.973. The molecule has 0 saturated carbocycles. The number of rotatable bonds is 2. The summed E-state index contributed by atoms with van der Waals surface area (Å²) in [5.74, 6) is -2.74. The second-order valence-corrected chi connectivity index (χ2v) is 4.65. The zero-order valence-electron chi connectivity index (χ0n) is 10.4. The van der Waals surface area contributed by atoms with Gasteiger partial charge in [0.05, 0.1) is 5.56 Å². The average molecular weight is 275 g/mol. The summed E-state index contributed by atoms with van der Waals surface area (Å²) in [6.45, 7) is 0.615. The van der Waals surface area contributed by atoms with Gasteiger partial charge < -0.3 is 10.0 Å². The highest BCUT2D eigenvalue weighted by Crippen LogP contribution is 2.35. The summed E-state index contributed by atoms with van der Waals surface area (Å²) in [7, 11) is 0. The van der Waals surface area contributed by atoms with Gasteiger partial charge in [0.1, 0.15) is 0 Å². The third-order valence-electron chi connectivity index (χ3n) is 3.44. The van der Waals surface area contributed by atoms with Gasteiger partial charge in [-0.25, -0.2) is 13.6 Å². The van der Waals surface area contributed by atoms with Gasteiger partial charge in [-0.05, 0) is 42.3 Å². The van der Waals surface area contributed by atoms with Crippen LogP contribution in [0.2, 0.25) is 0 Å². The molecule has 2 aromatic carbocycles. The van der Waals surface area contributed by atoms with E-state index < -0.39 is 17.6 Å². The summed E-state index contributed by atoms with van der Waals surface area (Å²) in [6.07, 6.45) is 0.676. The van der Waals surface area contributed by atoms with Gasteiger partial charge in [0.15, 0.2) is 11.6 Å². The summed E-state index contributed by atoms with van der Waals surface area (Å²) in [5, 5.41) is 8.96. The van der Waals surface area contributed by atoms with E-state index in [4.69, 9.17) is 5.11 Å². The first-order valence-corrected chi connectivity index (χ1v) is 6.15. The molecular formula is C15H11F2NO2. The first kappa shape index (κ1) is 12.6. The Kier molecular flexibility index (Phi) is 2.89. The van der Waals surface area contributed by atoms with Crippen LogP contribution in [0.5, 0.6) is 0 Å². The van der Waals surface area contributed by atoms with E-state index in [-0.39, 0.29) is 5.56 Å². The van der Waals surface area contributed by atoms with Crippen LogP contribution in [-0.4, -0.2) is 17.6 Å². The lowest BCUT2D eigenvalue weighted by atomic mass is 10.1. The number of carboxylic acids is 1. The molecule has 0 spiro atoms. The molecule has 3 rings (SSSR count). The number of carbonyl (C=O) groups is 1. The first-order valence-electron chi connectivity index (χ1n) is 6.15. The second-order valence-electron chi connectivity index (χ2n) is 4.65. The van der Waals surface area contributed by atoms with E-state index in [1.165, 1.54) is 12.1 Å². The van der Waals surface area contributed by atoms with Crippen LogP contribution in [-0.2, 0) is 6.42 Å². The predicted octanol–water partition coefficient (Wildman–Crippen LogP) is 3.36. The van der Waals surface area contributed by atoms with E-state index >= 15 is 0 Å². The quantitative estimate of drug-likeness (QED) is 0.913. The molecule has 102 valence electrons. The van der Waals surface area contributed by atoms with Gasteiger partial charge in [-0.1, -0.05) is 0 Å². The van der Waals surface area contributed by atoms with Crippen LogP contribution in [0.3, 0.4) is 0 Å². The van der Waals surface area contributed by atoms with Crippen molar-refractivity contribution in [1.29, 1.82) is 0 Å². The van der Waals surface area contributed by atoms with Gasteiger partial charge in [0.25, 0.3) is 0 Å². The Morgan fingerprint density at radius 3 is 2.60 bits per heavy atom. The van der Waals surface area contributed by atoms with Crippen molar-refractivity contribution in [2.45, 2.75) is 6.42 Å². The number of carboxylic acid groups (broad SMARTS) is 1. The van der Waals surface area contributed by atoms with Crippen molar-refractivity contribution in [2.75, 3.05) is 11.4 Å². The van der Waals surface area contributed by atoms with Gasteiger partial charge in [-0.15, -0.1) is 0 Å². The summed E-state index contributed by atoms with van der Waals surface area (Å²) in [6, 6.07) is 8.59. The first-order chi connectivity index (χ1) is 9.56. The molecule has 0 aliphatic carbocycles. The number of aromatic carboxylic acids is 1. The van der Waals surface area contributed by atoms with E-state index in [9.17, 15) is 13.6 Å². The molecule has 1 N–H and O–H groups in total. The zero-order valence-corrected chi connectivity index (χ0v) is 10.4. The highest BCUT2D eigenvalue weighted by molar-refractivity contribution is 5.89. The molecule has 0 amide bonds. The maximum atomic E-state index is 13.3. The number of benzene rings is 2. The Bertz CT molecular complexity index is 700. The van der Waals surface area contributed by atoms with E-state index in [0.29, 0.717) is 18.7 Å². The second kappa shape index (κ2) is 4.59. The van der Waals surface area contributed by atoms with Crippen molar-refractivity contribution >= 4 is 17.3 Å². The Morgan fingerprint density at radius 1 is 1.10 bits per heavy atom. The van der Waals surface area contributed by atoms with Gasteiger partial charge >= 0.3 is 5.97 Å². The molecule has 1 aliphatic rings. The van der Waals surface area contributed by atoms with Crippen molar-refractivity contribution in [3.8, 4) is 0 Å². The van der Waals surface area contributed by atoms with Crippen LogP contribution in [0.4, 0.5) is 20.2 Å². The lowest BCUT2D eigenvalue weighted by Gasteiger charge is -2.19. The normalized spacial score (nSPS) is 13.4. The Hall–Kier alpha value is -2.43. The standard InChI is InChI=1S/C15H11F2NO2/c16-12-3-2-11(8-13(12)17)18-6-5-9-7-10(15(19)20)1-4-14(9)18/h1-4,7-8H,5-6H2,(H,19,20). The fourth-order valence-corrected chi connectivity index (χ4v) is 2.46. The van der Waals surface area contributed by atoms with Crippen LogP contribution in [0.25, 0.3) is 0 Å². The van der Waals surface area contributed by atoms with Crippen LogP contribution in [0.1, 0.15) is 15.9 Å². The fraction of sp³-hybridized carbons (Fsp3) is 0.133. The van der Waals surface area contributed by atoms with E-state index in [2.05, 4.69) is 0 Å². The van der Waals surface area contributed by atoms with Gasteiger partial charge in [-0.3, -0.25) is 0 Å². The van der Waals surface area contributed by atoms with Crippen molar-refractivity contribution in [1.82, 2.24) is 0 Å². The molecule has 20 heavy (non-hydrogen) atoms. The fourth-order valence-electron chi connectivity index (χ4n) is 2.46. The predicted molar refractivity (Wildman–Crippen MR) is 70.5 cm³/mol. The number of halogens is 2. The number of anilines is 2. The molecule has 0 saturated heterocycles. The summed E-state index contributed by atoms with van der Waals surface area (Å²) >= 11 is 0. The minimum absolute atomic E-state index is 0.232. The number of hydrogen-bond acceptors (Lipinski definition) is 2. The lowest BCUT2D eigenvalue weighted by molar-refractivity contribution is 0.0697. The molecule has 2 aromatic rings. The van der Waals surface area contributed by atoms with Crippen molar-refractivity contribution < 1.29 is 18.7 Å². The lowest BCUT2D eigenvalue weighted by Crippen LogP contribution is -2.13. The Balaban J connectivity index is 2.00. The monoisotopic (exact) mass is 275 g/mol. The highest BCUT2D eigenvalue weighted by Gasteiger charge is 2.22. The molecule has 5 heteroatoms. The third kappa shape index (κ3) is 2.01. The van der Waals surface area contributed by atoms with Crippen molar-refractivity contribution in [3.05, 3.63) is 59.2 Å². The molecule has 0 atom stereocenters. The molecule has 0 fully saturated rings. The molecule has 0 unspecified atom stereocenters. The molecule has 0 aromatic heterocycles. The number of hydrogen-bond donors (Lipinski definition) is 1. The molecule has 1 aliphatic heterocycles. The van der Waals surface area contributed by atoms with Crippen molar-refractivity contribution in [3.63, 3.8) is 0 Å². The summed E-state index contributed by atoms with van der Waals surface area (Å²) in [5.41, 5.74) is 2.53. The van der Waals surface area contributed by atoms with E-state index in [1.807, 2.05) is 4.90 Å². The maximum Gasteiger partial charge on any atom is 0.335 e. The molecule has 0 radical (unpaired) electrons. The van der Waals surface area contributed by atoms with E-state index in [1.54, 1.807) is 12.1 Å². The van der Waals surface area contributed by atoms with Gasteiger partial charge in [-0.2, -0.15) is 0 Å². The van der Waals surface area contributed by atoms with Crippen LogP contribution >= 0.6 is 0 Å². The van der Waals surface area contributed by atoms with Crippen LogP contribution < -0.4 is 4.90 Å². The molecule has 3 nitrogen and oxygen atoms in total. The molecular weight excluding hydrogens is 264 g/mol. The maximum absolute atomic E-state index is 13.3.